The topological polar surface area (TPSA) is 237 Å². The average molecular weight is 1330 g/mol. The second-order valence-corrected chi connectivity index (χ2v) is 29.0. The van der Waals surface area contributed by atoms with E-state index in [2.05, 4.69) is 34.6 Å². The summed E-state index contributed by atoms with van der Waals surface area (Å²) in [4.78, 5) is 72.3. The third kappa shape index (κ3) is 64.8. The van der Waals surface area contributed by atoms with E-state index in [0.717, 1.165) is 121 Å². The van der Waals surface area contributed by atoms with Crippen molar-refractivity contribution in [3.05, 3.63) is 0 Å². The number of carbonyl (C=O) groups excluding carboxylic acids is 4. The number of hydrogen-bond donors (Lipinski definition) is 3. The molecule has 19 heteroatoms. The molecule has 0 aromatic heterocycles. The van der Waals surface area contributed by atoms with Crippen molar-refractivity contribution in [2.45, 2.75) is 387 Å². The average Bonchev–Trinajstić information content (AvgIpc) is 3.56. The van der Waals surface area contributed by atoms with E-state index in [9.17, 15) is 43.2 Å². The number of ether oxygens (including phenoxy) is 4. The van der Waals surface area contributed by atoms with Crippen LogP contribution in [0.5, 0.6) is 0 Å². The molecule has 534 valence electrons. The minimum Gasteiger partial charge on any atom is -0.462 e. The summed E-state index contributed by atoms with van der Waals surface area (Å²) in [7, 11) is -9.89. The predicted octanol–water partition coefficient (Wildman–Crippen LogP) is 20.5. The molecule has 5 atom stereocenters. The summed E-state index contributed by atoms with van der Waals surface area (Å²) >= 11 is 0. The van der Waals surface area contributed by atoms with Crippen LogP contribution in [0.25, 0.3) is 0 Å². The molecule has 0 bridgehead atoms. The van der Waals surface area contributed by atoms with Crippen molar-refractivity contribution in [1.29, 1.82) is 0 Å². The first-order chi connectivity index (χ1) is 43.5. The fourth-order valence-electron chi connectivity index (χ4n) is 10.8. The van der Waals surface area contributed by atoms with Gasteiger partial charge in [-0.25, -0.2) is 9.13 Å². The zero-order valence-electron chi connectivity index (χ0n) is 58.3. The fourth-order valence-corrected chi connectivity index (χ4v) is 12.4. The summed E-state index contributed by atoms with van der Waals surface area (Å²) in [6.45, 7) is 7.17. The first-order valence-corrected chi connectivity index (χ1v) is 40.1. The first-order valence-electron chi connectivity index (χ1n) is 37.1. The van der Waals surface area contributed by atoms with Crippen LogP contribution in [0.1, 0.15) is 369 Å². The van der Waals surface area contributed by atoms with Gasteiger partial charge in [0.05, 0.1) is 26.4 Å². The molecule has 0 radical (unpaired) electrons. The number of rotatable bonds is 71. The van der Waals surface area contributed by atoms with Gasteiger partial charge >= 0.3 is 39.5 Å². The summed E-state index contributed by atoms with van der Waals surface area (Å²) in [6, 6.07) is 0. The van der Waals surface area contributed by atoms with Crippen LogP contribution in [-0.2, 0) is 65.4 Å². The monoisotopic (exact) mass is 1320 g/mol. The lowest BCUT2D eigenvalue weighted by atomic mass is 10.0. The lowest BCUT2D eigenvalue weighted by molar-refractivity contribution is -0.161. The van der Waals surface area contributed by atoms with Crippen molar-refractivity contribution in [2.24, 2.45) is 5.92 Å². The highest BCUT2D eigenvalue weighted by molar-refractivity contribution is 7.47. The molecule has 0 aromatic rings. The van der Waals surface area contributed by atoms with E-state index in [0.29, 0.717) is 25.7 Å². The van der Waals surface area contributed by atoms with Crippen molar-refractivity contribution >= 4 is 39.5 Å². The molecule has 0 heterocycles. The minimum atomic E-state index is -4.95. The molecule has 17 nitrogen and oxygen atoms in total. The predicted molar refractivity (Wildman–Crippen MR) is 363 cm³/mol. The van der Waals surface area contributed by atoms with E-state index in [1.807, 2.05) is 0 Å². The van der Waals surface area contributed by atoms with E-state index in [-0.39, 0.29) is 25.7 Å². The molecule has 0 saturated heterocycles. The smallest absolute Gasteiger partial charge is 0.462 e. The Morgan fingerprint density at radius 3 is 0.756 bits per heavy atom. The van der Waals surface area contributed by atoms with Crippen molar-refractivity contribution in [3.63, 3.8) is 0 Å². The molecule has 0 aliphatic rings. The van der Waals surface area contributed by atoms with Gasteiger partial charge in [0.15, 0.2) is 12.2 Å². The highest BCUT2D eigenvalue weighted by Gasteiger charge is 2.30. The highest BCUT2D eigenvalue weighted by Crippen LogP contribution is 2.45. The van der Waals surface area contributed by atoms with E-state index in [1.54, 1.807) is 0 Å². The molecule has 0 saturated carbocycles. The van der Waals surface area contributed by atoms with Crippen LogP contribution in [0.2, 0.25) is 0 Å². The molecule has 90 heavy (non-hydrogen) atoms. The molecule has 0 rings (SSSR count). The molecule has 3 N–H and O–H groups in total. The zero-order valence-corrected chi connectivity index (χ0v) is 60.1. The molecule has 0 spiro atoms. The number of unbranched alkanes of at least 4 members (excludes halogenated alkanes) is 43. The van der Waals surface area contributed by atoms with Gasteiger partial charge in [-0.2, -0.15) is 0 Å². The maximum absolute atomic E-state index is 13.0. The zero-order chi connectivity index (χ0) is 66.3. The largest absolute Gasteiger partial charge is 0.472 e. The molecule has 0 aliphatic carbocycles. The third-order valence-electron chi connectivity index (χ3n) is 16.5. The minimum absolute atomic E-state index is 0.104. The first kappa shape index (κ1) is 88.1. The van der Waals surface area contributed by atoms with Gasteiger partial charge in [0.25, 0.3) is 0 Å². The van der Waals surface area contributed by atoms with Crippen LogP contribution in [0.3, 0.4) is 0 Å². The quantitative estimate of drug-likeness (QED) is 0.0222. The number of phosphoric acid groups is 2. The summed E-state index contributed by atoms with van der Waals surface area (Å²) < 4.78 is 68.1. The van der Waals surface area contributed by atoms with E-state index < -0.39 is 97.5 Å². The molecular formula is C71H138O17P2. The standard InChI is InChI=1S/C71H138O17P2/c1-6-9-12-15-18-19-20-21-22-23-24-25-26-27-28-29-34-37-42-47-52-57-71(76)88-67(61-82-69(74)55-50-45-41-36-33-31-30-32-35-40-43-48-53-64(4)5)63-86-90(79,80)84-59-65(72)58-83-89(77,78)85-62-66(87-70(75)56-51-46-39-17-14-11-8-3)60-81-68(73)54-49-44-38-16-13-10-7-2/h64-67,72H,6-63H2,1-5H3,(H,77,78)(H,79,80)/t65-,66+,67+/m0/s1. The van der Waals surface area contributed by atoms with E-state index in [4.69, 9.17) is 37.0 Å². The maximum Gasteiger partial charge on any atom is 0.472 e. The van der Waals surface area contributed by atoms with Crippen molar-refractivity contribution in [1.82, 2.24) is 0 Å². The molecule has 0 aliphatic heterocycles. The van der Waals surface area contributed by atoms with E-state index >= 15 is 0 Å². The van der Waals surface area contributed by atoms with Crippen molar-refractivity contribution < 1.29 is 80.2 Å². The summed E-state index contributed by atoms with van der Waals surface area (Å²) in [5.41, 5.74) is 0. The van der Waals surface area contributed by atoms with Gasteiger partial charge in [0, 0.05) is 25.7 Å². The number of aliphatic hydroxyl groups is 1. The Morgan fingerprint density at radius 2 is 0.511 bits per heavy atom. The molecular weight excluding hydrogens is 1190 g/mol. The van der Waals surface area contributed by atoms with Crippen LogP contribution in [0.15, 0.2) is 0 Å². The Kier molecular flexibility index (Phi) is 63.0. The Balaban J connectivity index is 5.11. The van der Waals surface area contributed by atoms with Crippen molar-refractivity contribution in [3.8, 4) is 0 Å². The van der Waals surface area contributed by atoms with Gasteiger partial charge in [-0.05, 0) is 31.6 Å². The summed E-state index contributed by atoms with van der Waals surface area (Å²) in [6.07, 6.45) is 51.8. The normalized spacial score (nSPS) is 14.1. The molecule has 2 unspecified atom stereocenters. The lowest BCUT2D eigenvalue weighted by Gasteiger charge is -2.21. The summed E-state index contributed by atoms with van der Waals surface area (Å²) in [5, 5.41) is 10.6. The number of aliphatic hydroxyl groups excluding tert-OH is 1. The number of hydrogen-bond acceptors (Lipinski definition) is 15. The van der Waals surface area contributed by atoms with Gasteiger partial charge in [-0.1, -0.05) is 317 Å². The van der Waals surface area contributed by atoms with Crippen LogP contribution < -0.4 is 0 Å². The second kappa shape index (κ2) is 64.4. The fraction of sp³-hybridized carbons (Fsp3) is 0.944. The highest BCUT2D eigenvalue weighted by atomic mass is 31.2. The van der Waals surface area contributed by atoms with Crippen LogP contribution >= 0.6 is 15.6 Å². The number of phosphoric ester groups is 2. The Morgan fingerprint density at radius 1 is 0.300 bits per heavy atom. The Labute approximate surface area is 549 Å². The summed E-state index contributed by atoms with van der Waals surface area (Å²) in [5.74, 6) is -1.35. The van der Waals surface area contributed by atoms with Gasteiger partial charge in [0.1, 0.15) is 19.3 Å². The number of carbonyl (C=O) groups is 4. The van der Waals surface area contributed by atoms with Gasteiger partial charge < -0.3 is 33.8 Å². The Hall–Kier alpha value is -1.94. The Bertz CT molecular complexity index is 1740. The lowest BCUT2D eigenvalue weighted by Crippen LogP contribution is -2.30. The third-order valence-corrected chi connectivity index (χ3v) is 18.4. The molecule has 0 fully saturated rings. The van der Waals surface area contributed by atoms with E-state index in [1.165, 1.54) is 167 Å². The van der Waals surface area contributed by atoms with Crippen LogP contribution in [0, 0.1) is 5.92 Å². The number of esters is 4. The van der Waals surface area contributed by atoms with Crippen LogP contribution in [0.4, 0.5) is 0 Å². The second-order valence-electron chi connectivity index (χ2n) is 26.1. The van der Waals surface area contributed by atoms with Gasteiger partial charge in [-0.15, -0.1) is 0 Å². The van der Waals surface area contributed by atoms with Gasteiger partial charge in [0.2, 0.25) is 0 Å². The maximum atomic E-state index is 13.0. The van der Waals surface area contributed by atoms with Crippen molar-refractivity contribution in [2.75, 3.05) is 39.6 Å². The van der Waals surface area contributed by atoms with Gasteiger partial charge in [-0.3, -0.25) is 37.3 Å². The van der Waals surface area contributed by atoms with Crippen LogP contribution in [-0.4, -0.2) is 96.7 Å². The molecule has 0 amide bonds. The SMILES string of the molecule is CCCCCCCCCCCCCCCCCCCCCCCC(=O)O[C@H](COC(=O)CCCCCCCCCCCCCCC(C)C)COP(=O)(O)OC[C@@H](O)COP(=O)(O)OC[C@@H](COC(=O)CCCCCCCCC)OC(=O)CCCCCCCCC. The molecule has 0 aromatic carbocycles.